The first-order valence-electron chi connectivity index (χ1n) is 9.62. The smallest absolute Gasteiger partial charge is 0.118 e. The van der Waals surface area contributed by atoms with Crippen molar-refractivity contribution in [1.82, 2.24) is 0 Å². The summed E-state index contributed by atoms with van der Waals surface area (Å²) in [5.41, 5.74) is 6.20. The summed E-state index contributed by atoms with van der Waals surface area (Å²) in [5, 5.41) is 2.58. The summed E-state index contributed by atoms with van der Waals surface area (Å²) in [4.78, 5) is 4.58. The van der Waals surface area contributed by atoms with Crippen LogP contribution in [0.1, 0.15) is 23.5 Å². The van der Waals surface area contributed by atoms with Gasteiger partial charge in [0.1, 0.15) is 5.75 Å². The molecule has 0 aromatic heterocycles. The van der Waals surface area contributed by atoms with Crippen LogP contribution in [0.5, 0.6) is 5.75 Å². The van der Waals surface area contributed by atoms with E-state index in [-0.39, 0.29) is 0 Å². The van der Waals surface area contributed by atoms with Gasteiger partial charge >= 0.3 is 0 Å². The van der Waals surface area contributed by atoms with Gasteiger partial charge in [-0.05, 0) is 63.7 Å². The summed E-state index contributed by atoms with van der Waals surface area (Å²) >= 11 is 0. The number of nitrogens with zero attached hydrogens (tertiary/aromatic N) is 1. The molecule has 1 aliphatic rings. The third-order valence-corrected chi connectivity index (χ3v) is 5.60. The summed E-state index contributed by atoms with van der Waals surface area (Å²) in [6.07, 6.45) is 2.99. The molecule has 1 heterocycles. The van der Waals surface area contributed by atoms with Crippen molar-refractivity contribution in [3.05, 3.63) is 96.1 Å². The standard InChI is InChI=1S/C26H21NO/c1-28-21-12-9-18(10-13-21)19-11-14-22-20(17-19)5-4-7-23(22)24-15-16-27-26-8-3-2-6-25(24)26/h2-14,16-17,24H,15H2,1H3. The number of benzene rings is 4. The van der Waals surface area contributed by atoms with E-state index in [1.54, 1.807) is 7.11 Å². The van der Waals surface area contributed by atoms with Gasteiger partial charge in [0.05, 0.1) is 12.8 Å². The lowest BCUT2D eigenvalue weighted by molar-refractivity contribution is 0.415. The predicted octanol–water partition coefficient (Wildman–Crippen LogP) is 6.75. The van der Waals surface area contributed by atoms with Gasteiger partial charge in [0.2, 0.25) is 0 Å². The van der Waals surface area contributed by atoms with Crippen molar-refractivity contribution < 1.29 is 4.74 Å². The Morgan fingerprint density at radius 3 is 2.43 bits per heavy atom. The van der Waals surface area contributed by atoms with Gasteiger partial charge in [0.25, 0.3) is 0 Å². The lowest BCUT2D eigenvalue weighted by atomic mass is 9.83. The van der Waals surface area contributed by atoms with Gasteiger partial charge < -0.3 is 4.74 Å². The number of para-hydroxylation sites is 1. The first-order valence-corrected chi connectivity index (χ1v) is 9.62. The van der Waals surface area contributed by atoms with E-state index in [0.29, 0.717) is 5.92 Å². The zero-order valence-electron chi connectivity index (χ0n) is 15.8. The highest BCUT2D eigenvalue weighted by molar-refractivity contribution is 5.91. The fourth-order valence-corrected chi connectivity index (χ4v) is 4.15. The SMILES string of the molecule is COc1ccc(-c2ccc3c(C4CC=Nc5ccccc54)cccc3c2)cc1. The van der Waals surface area contributed by atoms with Gasteiger partial charge in [0.15, 0.2) is 0 Å². The van der Waals surface area contributed by atoms with Crippen molar-refractivity contribution in [2.45, 2.75) is 12.3 Å². The summed E-state index contributed by atoms with van der Waals surface area (Å²) < 4.78 is 5.28. The first-order chi connectivity index (χ1) is 13.8. The van der Waals surface area contributed by atoms with Gasteiger partial charge in [-0.15, -0.1) is 0 Å². The van der Waals surface area contributed by atoms with E-state index < -0.39 is 0 Å². The predicted molar refractivity (Wildman–Crippen MR) is 117 cm³/mol. The van der Waals surface area contributed by atoms with Crippen LogP contribution < -0.4 is 4.74 Å². The van der Waals surface area contributed by atoms with Crippen LogP contribution in [0.15, 0.2) is 89.9 Å². The Hall–Kier alpha value is -3.39. The van der Waals surface area contributed by atoms with Gasteiger partial charge in [-0.1, -0.05) is 60.7 Å². The quantitative estimate of drug-likeness (QED) is 0.394. The van der Waals surface area contributed by atoms with Crippen molar-refractivity contribution in [1.29, 1.82) is 0 Å². The largest absolute Gasteiger partial charge is 0.497 e. The molecule has 2 heteroatoms. The van der Waals surface area contributed by atoms with Crippen LogP contribution >= 0.6 is 0 Å². The van der Waals surface area contributed by atoms with Crippen molar-refractivity contribution >= 4 is 22.7 Å². The van der Waals surface area contributed by atoms with Crippen LogP contribution in [0.2, 0.25) is 0 Å². The molecule has 0 saturated heterocycles. The Bertz CT molecular complexity index is 1170. The molecule has 0 aliphatic carbocycles. The van der Waals surface area contributed by atoms with Gasteiger partial charge in [-0.25, -0.2) is 0 Å². The summed E-state index contributed by atoms with van der Waals surface area (Å²) in [6.45, 7) is 0. The Labute approximate surface area is 165 Å². The number of rotatable bonds is 3. The zero-order chi connectivity index (χ0) is 18.9. The second-order valence-electron chi connectivity index (χ2n) is 7.17. The first kappa shape index (κ1) is 16.8. The average molecular weight is 363 g/mol. The molecular weight excluding hydrogens is 342 g/mol. The molecule has 136 valence electrons. The highest BCUT2D eigenvalue weighted by Gasteiger charge is 2.21. The van der Waals surface area contributed by atoms with Crippen molar-refractivity contribution in [2.24, 2.45) is 4.99 Å². The number of hydrogen-bond acceptors (Lipinski definition) is 2. The molecule has 5 rings (SSSR count). The lowest BCUT2D eigenvalue weighted by Crippen LogP contribution is -2.06. The maximum absolute atomic E-state index is 5.28. The summed E-state index contributed by atoms with van der Waals surface area (Å²) in [5.74, 6) is 1.23. The van der Waals surface area contributed by atoms with E-state index in [1.807, 2.05) is 12.1 Å². The van der Waals surface area contributed by atoms with Crippen molar-refractivity contribution in [3.8, 4) is 16.9 Å². The van der Waals surface area contributed by atoms with Gasteiger partial charge in [-0.2, -0.15) is 0 Å². The van der Waals surface area contributed by atoms with E-state index in [0.717, 1.165) is 17.9 Å². The maximum Gasteiger partial charge on any atom is 0.118 e. The summed E-state index contributed by atoms with van der Waals surface area (Å²) in [6, 6.07) is 30.1. The minimum absolute atomic E-state index is 0.351. The van der Waals surface area contributed by atoms with E-state index in [1.165, 1.54) is 33.0 Å². The number of fused-ring (bicyclic) bond motifs is 2. The summed E-state index contributed by atoms with van der Waals surface area (Å²) in [7, 11) is 1.70. The molecule has 1 aliphatic heterocycles. The number of ether oxygens (including phenoxy) is 1. The minimum Gasteiger partial charge on any atom is -0.497 e. The number of methoxy groups -OCH3 is 1. The molecule has 0 spiro atoms. The van der Waals surface area contributed by atoms with Crippen molar-refractivity contribution in [3.63, 3.8) is 0 Å². The molecule has 1 unspecified atom stereocenters. The average Bonchev–Trinajstić information content (AvgIpc) is 2.78. The van der Waals surface area contributed by atoms with Crippen LogP contribution in [-0.4, -0.2) is 13.3 Å². The van der Waals surface area contributed by atoms with Crippen LogP contribution in [-0.2, 0) is 0 Å². The van der Waals surface area contributed by atoms with E-state index in [9.17, 15) is 0 Å². The molecule has 0 N–H and O–H groups in total. The van der Waals surface area contributed by atoms with Crippen molar-refractivity contribution in [2.75, 3.05) is 7.11 Å². The molecule has 4 aromatic rings. The number of aliphatic imine (C=N–C) groups is 1. The molecule has 0 radical (unpaired) electrons. The molecule has 1 atom stereocenters. The van der Waals surface area contributed by atoms with Crippen LogP contribution in [0.3, 0.4) is 0 Å². The number of hydrogen-bond donors (Lipinski definition) is 0. The minimum atomic E-state index is 0.351. The highest BCUT2D eigenvalue weighted by atomic mass is 16.5. The molecule has 4 aromatic carbocycles. The molecule has 28 heavy (non-hydrogen) atoms. The van der Waals surface area contributed by atoms with Crippen LogP contribution in [0.25, 0.3) is 21.9 Å². The fraction of sp³-hybridized carbons (Fsp3) is 0.115. The molecule has 0 amide bonds. The maximum atomic E-state index is 5.28. The molecule has 0 bridgehead atoms. The Morgan fingerprint density at radius 1 is 0.786 bits per heavy atom. The monoisotopic (exact) mass is 363 g/mol. The third-order valence-electron chi connectivity index (χ3n) is 5.60. The lowest BCUT2D eigenvalue weighted by Gasteiger charge is -2.23. The topological polar surface area (TPSA) is 21.6 Å². The fourth-order valence-electron chi connectivity index (χ4n) is 4.15. The van der Waals surface area contributed by atoms with E-state index >= 15 is 0 Å². The van der Waals surface area contributed by atoms with Gasteiger partial charge in [-0.3, -0.25) is 4.99 Å². The molecular formula is C26H21NO. The van der Waals surface area contributed by atoms with Crippen LogP contribution in [0.4, 0.5) is 5.69 Å². The zero-order valence-corrected chi connectivity index (χ0v) is 15.8. The second kappa shape index (κ2) is 6.97. The highest BCUT2D eigenvalue weighted by Crippen LogP contribution is 2.40. The molecule has 0 saturated carbocycles. The van der Waals surface area contributed by atoms with Gasteiger partial charge in [0, 0.05) is 12.1 Å². The Kier molecular flexibility index (Phi) is 4.17. The van der Waals surface area contributed by atoms with E-state index in [4.69, 9.17) is 4.74 Å². The molecule has 2 nitrogen and oxygen atoms in total. The van der Waals surface area contributed by atoms with E-state index in [2.05, 4.69) is 84.0 Å². The normalized spacial score (nSPS) is 15.4. The van der Waals surface area contributed by atoms with Crippen LogP contribution in [0, 0.1) is 0 Å². The Morgan fingerprint density at radius 2 is 1.57 bits per heavy atom. The third kappa shape index (κ3) is 2.87. The Balaban J connectivity index is 1.59. The second-order valence-corrected chi connectivity index (χ2v) is 7.17. The molecule has 0 fully saturated rings.